The van der Waals surface area contributed by atoms with Gasteiger partial charge in [0.05, 0.1) is 4.90 Å². The summed E-state index contributed by atoms with van der Waals surface area (Å²) in [7, 11) is -3.50. The van der Waals surface area contributed by atoms with Gasteiger partial charge in [0.25, 0.3) is 0 Å². The van der Waals surface area contributed by atoms with Gasteiger partial charge in [0, 0.05) is 35.9 Å². The lowest BCUT2D eigenvalue weighted by atomic mass is 9.94. The highest BCUT2D eigenvalue weighted by Gasteiger charge is 2.44. The van der Waals surface area contributed by atoms with Crippen molar-refractivity contribution in [1.29, 1.82) is 0 Å². The largest absolute Gasteiger partial charge is 0.368 e. The first kappa shape index (κ1) is 16.9. The number of fused-ring (bicyclic) bond motifs is 2. The Labute approximate surface area is 154 Å². The smallest absolute Gasteiger partial charge is 0.243 e. The van der Waals surface area contributed by atoms with E-state index >= 15 is 0 Å². The summed E-state index contributed by atoms with van der Waals surface area (Å²) in [5.74, 6) is 0. The van der Waals surface area contributed by atoms with Gasteiger partial charge in [0.15, 0.2) is 0 Å². The molecule has 0 saturated carbocycles. The number of anilines is 1. The van der Waals surface area contributed by atoms with Crippen LogP contribution in [0.15, 0.2) is 59.5 Å². The van der Waals surface area contributed by atoms with Crippen LogP contribution in [0.25, 0.3) is 0 Å². The first-order valence-electron chi connectivity index (χ1n) is 8.65. The fourth-order valence-electron chi connectivity index (χ4n) is 4.04. The SMILES string of the molecule is O=S(=O)(c1ccc(Cl)cc1)N1C2CCCC1CN(c1ccccc1)C2. The summed E-state index contributed by atoms with van der Waals surface area (Å²) in [5.41, 5.74) is 1.17. The molecule has 4 nitrogen and oxygen atoms in total. The minimum absolute atomic E-state index is 0.0217. The lowest BCUT2D eigenvalue weighted by Gasteiger charge is -2.49. The molecular weight excluding hydrogens is 356 g/mol. The van der Waals surface area contributed by atoms with Gasteiger partial charge in [0.1, 0.15) is 0 Å². The topological polar surface area (TPSA) is 40.6 Å². The van der Waals surface area contributed by atoms with Gasteiger partial charge >= 0.3 is 0 Å². The van der Waals surface area contributed by atoms with Crippen molar-refractivity contribution in [1.82, 2.24) is 4.31 Å². The molecule has 2 atom stereocenters. The van der Waals surface area contributed by atoms with Crippen LogP contribution in [0.3, 0.4) is 0 Å². The highest BCUT2D eigenvalue weighted by atomic mass is 35.5. The molecule has 0 spiro atoms. The third kappa shape index (κ3) is 3.16. The number of nitrogens with zero attached hydrogens (tertiary/aromatic N) is 2. The van der Waals surface area contributed by atoms with Crippen molar-refractivity contribution >= 4 is 27.3 Å². The highest BCUT2D eigenvalue weighted by molar-refractivity contribution is 7.89. The van der Waals surface area contributed by atoms with Crippen molar-refractivity contribution in [3.8, 4) is 0 Å². The summed E-state index contributed by atoms with van der Waals surface area (Å²) < 4.78 is 28.2. The van der Waals surface area contributed by atoms with Crippen LogP contribution < -0.4 is 4.90 Å². The van der Waals surface area contributed by atoms with E-state index < -0.39 is 10.0 Å². The fraction of sp³-hybridized carbons (Fsp3) is 0.368. The van der Waals surface area contributed by atoms with E-state index in [1.807, 2.05) is 18.2 Å². The Morgan fingerprint density at radius 1 is 0.880 bits per heavy atom. The average Bonchev–Trinajstić information content (AvgIpc) is 2.61. The van der Waals surface area contributed by atoms with Gasteiger partial charge in [-0.25, -0.2) is 8.42 Å². The van der Waals surface area contributed by atoms with Crippen molar-refractivity contribution in [3.05, 3.63) is 59.6 Å². The Morgan fingerprint density at radius 3 is 2.08 bits per heavy atom. The third-order valence-electron chi connectivity index (χ3n) is 5.17. The molecule has 2 heterocycles. The molecule has 0 amide bonds. The van der Waals surface area contributed by atoms with Crippen molar-refractivity contribution in [2.24, 2.45) is 0 Å². The van der Waals surface area contributed by atoms with E-state index in [9.17, 15) is 8.42 Å². The Bertz CT molecular complexity index is 825. The van der Waals surface area contributed by atoms with E-state index in [2.05, 4.69) is 17.0 Å². The molecule has 0 aromatic heterocycles. The monoisotopic (exact) mass is 376 g/mol. The summed E-state index contributed by atoms with van der Waals surface area (Å²) in [5, 5.41) is 0.549. The predicted octanol–water partition coefficient (Wildman–Crippen LogP) is 3.77. The minimum Gasteiger partial charge on any atom is -0.368 e. The number of halogens is 1. The van der Waals surface area contributed by atoms with Gasteiger partial charge in [-0.1, -0.05) is 36.2 Å². The summed E-state index contributed by atoms with van der Waals surface area (Å²) in [4.78, 5) is 2.66. The van der Waals surface area contributed by atoms with Crippen molar-refractivity contribution in [3.63, 3.8) is 0 Å². The summed E-state index contributed by atoms with van der Waals surface area (Å²) in [6.45, 7) is 1.49. The summed E-state index contributed by atoms with van der Waals surface area (Å²) in [6.07, 6.45) is 2.91. The Morgan fingerprint density at radius 2 is 1.48 bits per heavy atom. The van der Waals surface area contributed by atoms with Crippen molar-refractivity contribution in [2.45, 2.75) is 36.2 Å². The van der Waals surface area contributed by atoms with Crippen LogP contribution in [0.1, 0.15) is 19.3 Å². The molecule has 2 aliphatic heterocycles. The number of benzene rings is 2. The number of hydrogen-bond acceptors (Lipinski definition) is 3. The van der Waals surface area contributed by atoms with Crippen LogP contribution in [0.2, 0.25) is 5.02 Å². The molecule has 2 fully saturated rings. The minimum atomic E-state index is -3.50. The number of sulfonamides is 1. The van der Waals surface area contributed by atoms with Crippen molar-refractivity contribution in [2.75, 3.05) is 18.0 Å². The van der Waals surface area contributed by atoms with Crippen LogP contribution in [0, 0.1) is 0 Å². The van der Waals surface area contributed by atoms with Crippen LogP contribution in [-0.2, 0) is 10.0 Å². The van der Waals surface area contributed by atoms with Crippen LogP contribution in [-0.4, -0.2) is 37.9 Å². The molecule has 25 heavy (non-hydrogen) atoms. The Balaban J connectivity index is 1.64. The first-order chi connectivity index (χ1) is 12.1. The maximum Gasteiger partial charge on any atom is 0.243 e. The molecule has 2 unspecified atom stereocenters. The van der Waals surface area contributed by atoms with Gasteiger partial charge in [0.2, 0.25) is 10.0 Å². The molecule has 2 aromatic carbocycles. The van der Waals surface area contributed by atoms with Crippen LogP contribution >= 0.6 is 11.6 Å². The van der Waals surface area contributed by atoms with E-state index in [1.54, 1.807) is 28.6 Å². The van der Waals surface area contributed by atoms with E-state index in [0.29, 0.717) is 9.92 Å². The van der Waals surface area contributed by atoms with Gasteiger partial charge in [-0.3, -0.25) is 0 Å². The van der Waals surface area contributed by atoms with Crippen molar-refractivity contribution < 1.29 is 8.42 Å². The van der Waals surface area contributed by atoms with Crippen LogP contribution in [0.4, 0.5) is 5.69 Å². The Hall–Kier alpha value is -1.56. The highest BCUT2D eigenvalue weighted by Crippen LogP contribution is 2.35. The second-order valence-electron chi connectivity index (χ2n) is 6.77. The standard InChI is InChI=1S/C19H21ClN2O2S/c20-15-9-11-19(12-10-15)25(23,24)22-17-7-4-8-18(22)14-21(13-17)16-5-2-1-3-6-16/h1-3,5-6,9-12,17-18H,4,7-8,13-14H2. The lowest BCUT2D eigenvalue weighted by molar-refractivity contribution is 0.155. The molecule has 0 N–H and O–H groups in total. The van der Waals surface area contributed by atoms with Crippen LogP contribution in [0.5, 0.6) is 0 Å². The van der Waals surface area contributed by atoms with E-state index in [4.69, 9.17) is 11.6 Å². The zero-order valence-electron chi connectivity index (χ0n) is 13.9. The predicted molar refractivity (Wildman–Crippen MR) is 101 cm³/mol. The number of hydrogen-bond donors (Lipinski definition) is 0. The number of rotatable bonds is 3. The van der Waals surface area contributed by atoms with E-state index in [0.717, 1.165) is 32.4 Å². The third-order valence-corrected chi connectivity index (χ3v) is 7.44. The van der Waals surface area contributed by atoms with Gasteiger partial charge in [-0.2, -0.15) is 4.31 Å². The zero-order valence-corrected chi connectivity index (χ0v) is 15.5. The normalized spacial score (nSPS) is 24.3. The van der Waals surface area contributed by atoms with E-state index in [-0.39, 0.29) is 12.1 Å². The quantitative estimate of drug-likeness (QED) is 0.818. The maximum absolute atomic E-state index is 13.2. The molecule has 132 valence electrons. The molecule has 0 radical (unpaired) electrons. The number of para-hydroxylation sites is 1. The first-order valence-corrected chi connectivity index (χ1v) is 10.5. The lowest BCUT2D eigenvalue weighted by Crippen LogP contribution is -2.62. The number of piperazine rings is 1. The second kappa shape index (κ2) is 6.63. The molecule has 2 bridgehead atoms. The molecule has 0 aliphatic carbocycles. The van der Waals surface area contributed by atoms with Gasteiger partial charge in [-0.15, -0.1) is 0 Å². The second-order valence-corrected chi connectivity index (χ2v) is 9.05. The fourth-order valence-corrected chi connectivity index (χ4v) is 6.02. The zero-order chi connectivity index (χ0) is 17.4. The summed E-state index contributed by atoms with van der Waals surface area (Å²) in [6, 6.07) is 16.8. The van der Waals surface area contributed by atoms with E-state index in [1.165, 1.54) is 5.69 Å². The molecule has 2 saturated heterocycles. The van der Waals surface area contributed by atoms with Gasteiger partial charge < -0.3 is 4.90 Å². The molecule has 2 aromatic rings. The molecule has 2 aliphatic rings. The number of piperidine rings is 1. The molecular formula is C19H21ClN2O2S. The molecule has 6 heteroatoms. The molecule has 4 rings (SSSR count). The Kier molecular flexibility index (Phi) is 4.48. The maximum atomic E-state index is 13.2. The van der Waals surface area contributed by atoms with Gasteiger partial charge in [-0.05, 0) is 49.2 Å². The average molecular weight is 377 g/mol. The summed E-state index contributed by atoms with van der Waals surface area (Å²) >= 11 is 5.92.